The van der Waals surface area contributed by atoms with Gasteiger partial charge < -0.3 is 9.67 Å². The summed E-state index contributed by atoms with van der Waals surface area (Å²) in [7, 11) is 1.46. The zero-order valence-electron chi connectivity index (χ0n) is 18.3. The van der Waals surface area contributed by atoms with Crippen LogP contribution in [-0.2, 0) is 26.6 Å². The molecular weight excluding hydrogens is 461 g/mol. The van der Waals surface area contributed by atoms with E-state index in [1.54, 1.807) is 4.57 Å². The van der Waals surface area contributed by atoms with Crippen molar-refractivity contribution in [2.45, 2.75) is 50.8 Å². The molecule has 0 aliphatic heterocycles. The Morgan fingerprint density at radius 2 is 1.82 bits per heavy atom. The van der Waals surface area contributed by atoms with E-state index in [0.717, 1.165) is 10.1 Å². The van der Waals surface area contributed by atoms with Gasteiger partial charge >= 0.3 is 11.9 Å². The van der Waals surface area contributed by atoms with Crippen LogP contribution >= 0.6 is 11.6 Å². The number of fused-ring (bicyclic) bond motifs is 1. The molecule has 1 aromatic carbocycles. The lowest BCUT2D eigenvalue weighted by Crippen LogP contribution is -2.40. The van der Waals surface area contributed by atoms with Crippen LogP contribution in [0.3, 0.4) is 0 Å². The molecule has 3 rings (SSSR count). The van der Waals surface area contributed by atoms with Gasteiger partial charge in [0.2, 0.25) is 0 Å². The first-order chi connectivity index (χ1) is 15.6. The summed E-state index contributed by atoms with van der Waals surface area (Å²) in [6.07, 6.45) is -4.64. The van der Waals surface area contributed by atoms with Crippen LogP contribution in [0.4, 0.5) is 13.2 Å². The standard InChI is InChI=1S/C22H26ClF3N4O3/c1-14(23)16(22(24,25)26)9-10-17-27-19-18(30(17)13-15-7-4-3-5-8-15)20(32)29(11-6-12-31)21(33)28(19)2/h3-5,7-8,14,16,31H,6,9-13H2,1-2H3. The molecule has 0 saturated carbocycles. The highest BCUT2D eigenvalue weighted by Gasteiger charge is 2.42. The Kier molecular flexibility index (Phi) is 7.69. The van der Waals surface area contributed by atoms with Gasteiger partial charge in [-0.05, 0) is 25.3 Å². The third-order valence-corrected chi connectivity index (χ3v) is 5.99. The topological polar surface area (TPSA) is 82.1 Å². The number of aromatic nitrogens is 4. The first-order valence-corrected chi connectivity index (χ1v) is 11.0. The maximum Gasteiger partial charge on any atom is 0.393 e. The molecule has 33 heavy (non-hydrogen) atoms. The minimum atomic E-state index is -4.47. The third kappa shape index (κ3) is 5.33. The van der Waals surface area contributed by atoms with Crippen molar-refractivity contribution in [2.75, 3.05) is 6.61 Å². The number of aliphatic hydroxyl groups is 1. The highest BCUT2D eigenvalue weighted by molar-refractivity contribution is 6.20. The average molecular weight is 487 g/mol. The van der Waals surface area contributed by atoms with Crippen molar-refractivity contribution in [2.24, 2.45) is 13.0 Å². The van der Waals surface area contributed by atoms with E-state index in [2.05, 4.69) is 4.98 Å². The Bertz CT molecular complexity index is 1220. The van der Waals surface area contributed by atoms with Gasteiger partial charge in [-0.25, -0.2) is 9.78 Å². The van der Waals surface area contributed by atoms with Crippen LogP contribution in [0.2, 0.25) is 0 Å². The fraction of sp³-hybridized carbons (Fsp3) is 0.500. The SMILES string of the molecule is CC(Cl)C(CCc1nc2c(c(=O)n(CCCO)c(=O)n2C)n1Cc1ccccc1)C(F)(F)F. The Balaban J connectivity index is 2.16. The van der Waals surface area contributed by atoms with Gasteiger partial charge in [-0.3, -0.25) is 13.9 Å². The molecule has 180 valence electrons. The molecule has 2 unspecified atom stereocenters. The van der Waals surface area contributed by atoms with Crippen LogP contribution in [0.25, 0.3) is 11.2 Å². The number of imidazole rings is 1. The number of hydrogen-bond acceptors (Lipinski definition) is 4. The summed E-state index contributed by atoms with van der Waals surface area (Å²) in [6, 6.07) is 9.14. The van der Waals surface area contributed by atoms with Crippen molar-refractivity contribution < 1.29 is 18.3 Å². The second-order valence-corrected chi connectivity index (χ2v) is 8.70. The summed E-state index contributed by atoms with van der Waals surface area (Å²) < 4.78 is 44.2. The number of halogens is 4. The van der Waals surface area contributed by atoms with E-state index in [1.807, 2.05) is 30.3 Å². The van der Waals surface area contributed by atoms with Gasteiger partial charge in [0.25, 0.3) is 5.56 Å². The monoisotopic (exact) mass is 486 g/mol. The Labute approximate surface area is 193 Å². The fourth-order valence-electron chi connectivity index (χ4n) is 3.91. The van der Waals surface area contributed by atoms with E-state index >= 15 is 0 Å². The van der Waals surface area contributed by atoms with Crippen LogP contribution in [0.1, 0.15) is 31.2 Å². The predicted octanol–water partition coefficient (Wildman–Crippen LogP) is 3.07. The summed E-state index contributed by atoms with van der Waals surface area (Å²) >= 11 is 5.82. The first kappa shape index (κ1) is 25.0. The largest absolute Gasteiger partial charge is 0.396 e. The molecule has 2 heterocycles. The zero-order chi connectivity index (χ0) is 24.3. The number of benzene rings is 1. The first-order valence-electron chi connectivity index (χ1n) is 10.6. The smallest absolute Gasteiger partial charge is 0.393 e. The molecule has 1 N–H and O–H groups in total. The van der Waals surface area contributed by atoms with E-state index in [-0.39, 0.29) is 55.9 Å². The van der Waals surface area contributed by atoms with Crippen molar-refractivity contribution in [3.63, 3.8) is 0 Å². The zero-order valence-corrected chi connectivity index (χ0v) is 19.1. The maximum absolute atomic E-state index is 13.4. The number of aryl methyl sites for hydroxylation is 2. The van der Waals surface area contributed by atoms with E-state index in [9.17, 15) is 22.8 Å². The summed E-state index contributed by atoms with van der Waals surface area (Å²) in [5.74, 6) is -1.47. The van der Waals surface area contributed by atoms with Gasteiger partial charge in [0.15, 0.2) is 11.2 Å². The van der Waals surface area contributed by atoms with Crippen molar-refractivity contribution in [3.05, 3.63) is 62.6 Å². The molecule has 11 heteroatoms. The van der Waals surface area contributed by atoms with Gasteiger partial charge in [0, 0.05) is 38.5 Å². The van der Waals surface area contributed by atoms with E-state index in [0.29, 0.717) is 0 Å². The number of rotatable bonds is 9. The molecule has 7 nitrogen and oxygen atoms in total. The Morgan fingerprint density at radius 3 is 2.39 bits per heavy atom. The molecule has 0 bridgehead atoms. The lowest BCUT2D eigenvalue weighted by Gasteiger charge is -2.22. The van der Waals surface area contributed by atoms with Crippen molar-refractivity contribution in [3.8, 4) is 0 Å². The lowest BCUT2D eigenvalue weighted by molar-refractivity contribution is -0.175. The predicted molar refractivity (Wildman–Crippen MR) is 120 cm³/mol. The normalized spacial score (nSPS) is 14.0. The molecule has 0 aliphatic rings. The Morgan fingerprint density at radius 1 is 1.15 bits per heavy atom. The van der Waals surface area contributed by atoms with Gasteiger partial charge in [-0.1, -0.05) is 30.3 Å². The van der Waals surface area contributed by atoms with E-state index in [4.69, 9.17) is 16.7 Å². The van der Waals surface area contributed by atoms with Gasteiger partial charge in [0.05, 0.1) is 5.92 Å². The molecule has 2 aromatic heterocycles. The molecular formula is C22H26ClF3N4O3. The molecule has 2 atom stereocenters. The number of nitrogens with zero attached hydrogens (tertiary/aromatic N) is 4. The van der Waals surface area contributed by atoms with Crippen LogP contribution in [0.15, 0.2) is 39.9 Å². The fourth-order valence-corrected chi connectivity index (χ4v) is 4.18. The van der Waals surface area contributed by atoms with E-state index in [1.165, 1.54) is 18.5 Å². The van der Waals surface area contributed by atoms with Crippen LogP contribution in [0, 0.1) is 5.92 Å². The highest BCUT2D eigenvalue weighted by Crippen LogP contribution is 2.34. The number of aliphatic hydroxyl groups excluding tert-OH is 1. The molecule has 0 aliphatic carbocycles. The van der Waals surface area contributed by atoms with Crippen LogP contribution in [-0.4, -0.2) is 42.0 Å². The third-order valence-electron chi connectivity index (χ3n) is 5.69. The average Bonchev–Trinajstić information content (AvgIpc) is 3.10. The van der Waals surface area contributed by atoms with Crippen LogP contribution < -0.4 is 11.2 Å². The Hall–Kier alpha value is -2.59. The number of alkyl halides is 4. The lowest BCUT2D eigenvalue weighted by atomic mass is 9.99. The van der Waals surface area contributed by atoms with Gasteiger partial charge in [-0.2, -0.15) is 13.2 Å². The number of hydrogen-bond donors (Lipinski definition) is 1. The summed E-state index contributed by atoms with van der Waals surface area (Å²) in [5, 5.41) is 8.01. The molecule has 0 spiro atoms. The minimum absolute atomic E-state index is 0.0176. The summed E-state index contributed by atoms with van der Waals surface area (Å²) in [6.45, 7) is 1.32. The molecule has 0 saturated heterocycles. The molecule has 0 fully saturated rings. The maximum atomic E-state index is 13.4. The summed E-state index contributed by atoms with van der Waals surface area (Å²) in [4.78, 5) is 30.4. The van der Waals surface area contributed by atoms with Crippen molar-refractivity contribution in [1.29, 1.82) is 0 Å². The highest BCUT2D eigenvalue weighted by atomic mass is 35.5. The molecule has 0 radical (unpaired) electrons. The summed E-state index contributed by atoms with van der Waals surface area (Å²) in [5.41, 5.74) is -0.116. The molecule has 0 amide bonds. The van der Waals surface area contributed by atoms with Gasteiger partial charge in [-0.15, -0.1) is 11.6 Å². The van der Waals surface area contributed by atoms with Crippen LogP contribution in [0.5, 0.6) is 0 Å². The van der Waals surface area contributed by atoms with Crippen molar-refractivity contribution in [1.82, 2.24) is 18.7 Å². The minimum Gasteiger partial charge on any atom is -0.396 e. The molecule has 3 aromatic rings. The van der Waals surface area contributed by atoms with Crippen molar-refractivity contribution >= 4 is 22.8 Å². The second-order valence-electron chi connectivity index (χ2n) is 8.01. The van der Waals surface area contributed by atoms with Gasteiger partial charge in [0.1, 0.15) is 5.82 Å². The van der Waals surface area contributed by atoms with E-state index < -0.39 is 28.7 Å². The second kappa shape index (κ2) is 10.1. The quantitative estimate of drug-likeness (QED) is 0.471.